The second-order valence-corrected chi connectivity index (χ2v) is 7.46. The van der Waals surface area contributed by atoms with Gasteiger partial charge in [0.15, 0.2) is 11.7 Å². The zero-order valence-electron chi connectivity index (χ0n) is 13.7. The maximum Gasteiger partial charge on any atom is 0.262 e. The number of nitrogens with one attached hydrogen (secondary N) is 2. The van der Waals surface area contributed by atoms with Gasteiger partial charge >= 0.3 is 0 Å². The molecular formula is C17H17BrN4O2S. The molecule has 4 N–H and O–H groups in total. The molecule has 3 rings (SSSR count). The normalized spacial score (nSPS) is 10.7. The van der Waals surface area contributed by atoms with E-state index in [4.69, 9.17) is 10.6 Å². The summed E-state index contributed by atoms with van der Waals surface area (Å²) in [5.41, 5.74) is 6.15. The standard InChI is InChI=1S/C17H17BrN4O2S/c1-9-5-10(2)16(12(18)6-9)24-8-15(23)20-11-3-4-13-14(7-11)25-17(21-13)22-19/h3-7H,8,19H2,1-2H3,(H,20,23)(H,21,22). The highest BCUT2D eigenvalue weighted by atomic mass is 79.9. The summed E-state index contributed by atoms with van der Waals surface area (Å²) in [5.74, 6) is 5.82. The molecule has 25 heavy (non-hydrogen) atoms. The van der Waals surface area contributed by atoms with E-state index in [2.05, 4.69) is 31.7 Å². The van der Waals surface area contributed by atoms with Crippen LogP contribution >= 0.6 is 27.3 Å². The van der Waals surface area contributed by atoms with Crippen LogP contribution in [0.5, 0.6) is 5.75 Å². The maximum atomic E-state index is 12.2. The van der Waals surface area contributed by atoms with E-state index in [0.717, 1.165) is 25.8 Å². The molecule has 2 aromatic carbocycles. The van der Waals surface area contributed by atoms with E-state index >= 15 is 0 Å². The molecule has 0 saturated heterocycles. The molecule has 0 aliphatic heterocycles. The highest BCUT2D eigenvalue weighted by molar-refractivity contribution is 9.10. The van der Waals surface area contributed by atoms with Gasteiger partial charge in [0.25, 0.3) is 5.91 Å². The van der Waals surface area contributed by atoms with Gasteiger partial charge in [-0.2, -0.15) is 0 Å². The summed E-state index contributed by atoms with van der Waals surface area (Å²) in [4.78, 5) is 16.5. The summed E-state index contributed by atoms with van der Waals surface area (Å²) in [6.07, 6.45) is 0. The van der Waals surface area contributed by atoms with Crippen molar-refractivity contribution in [2.24, 2.45) is 5.84 Å². The van der Waals surface area contributed by atoms with Crippen LogP contribution in [0.3, 0.4) is 0 Å². The van der Waals surface area contributed by atoms with Gasteiger partial charge in [-0.25, -0.2) is 10.8 Å². The molecule has 0 aliphatic rings. The molecule has 0 spiro atoms. The van der Waals surface area contributed by atoms with Crippen LogP contribution in [-0.4, -0.2) is 17.5 Å². The minimum absolute atomic E-state index is 0.0706. The molecular weight excluding hydrogens is 404 g/mol. The third-order valence-corrected chi connectivity index (χ3v) is 5.06. The lowest BCUT2D eigenvalue weighted by molar-refractivity contribution is -0.118. The second kappa shape index (κ2) is 7.38. The first-order valence-corrected chi connectivity index (χ1v) is 9.14. The molecule has 130 valence electrons. The largest absolute Gasteiger partial charge is 0.482 e. The number of carbonyl (C=O) groups is 1. The van der Waals surface area contributed by atoms with Gasteiger partial charge in [-0.1, -0.05) is 17.4 Å². The number of nitrogens with two attached hydrogens (primary N) is 1. The Bertz CT molecular complexity index is 919. The van der Waals surface area contributed by atoms with Crippen LogP contribution in [0.2, 0.25) is 0 Å². The lowest BCUT2D eigenvalue weighted by Crippen LogP contribution is -2.20. The van der Waals surface area contributed by atoms with Crippen molar-refractivity contribution < 1.29 is 9.53 Å². The Hall–Kier alpha value is -2.16. The summed E-state index contributed by atoms with van der Waals surface area (Å²) >= 11 is 4.89. The quantitative estimate of drug-likeness (QED) is 0.429. The van der Waals surface area contributed by atoms with Gasteiger partial charge in [0.05, 0.1) is 14.7 Å². The Kier molecular flexibility index (Phi) is 5.22. The number of hydrazine groups is 1. The van der Waals surface area contributed by atoms with Crippen molar-refractivity contribution >= 4 is 54.2 Å². The van der Waals surface area contributed by atoms with Gasteiger partial charge in [0.2, 0.25) is 0 Å². The average molecular weight is 421 g/mol. The summed E-state index contributed by atoms with van der Waals surface area (Å²) in [6.45, 7) is 3.89. The highest BCUT2D eigenvalue weighted by Crippen LogP contribution is 2.30. The van der Waals surface area contributed by atoms with E-state index in [9.17, 15) is 4.79 Å². The SMILES string of the molecule is Cc1cc(C)c(OCC(=O)Nc2ccc3nc(NN)sc3c2)c(Br)c1. The highest BCUT2D eigenvalue weighted by Gasteiger charge is 2.10. The van der Waals surface area contributed by atoms with E-state index in [1.54, 1.807) is 6.07 Å². The summed E-state index contributed by atoms with van der Waals surface area (Å²) in [5, 5.41) is 3.46. The Labute approximate surface area is 157 Å². The molecule has 0 bridgehead atoms. The third kappa shape index (κ3) is 4.09. The number of rotatable bonds is 5. The van der Waals surface area contributed by atoms with E-state index in [1.807, 2.05) is 38.1 Å². The van der Waals surface area contributed by atoms with Crippen molar-refractivity contribution in [1.29, 1.82) is 0 Å². The van der Waals surface area contributed by atoms with E-state index in [1.165, 1.54) is 11.3 Å². The van der Waals surface area contributed by atoms with Crippen LogP contribution in [0.4, 0.5) is 10.8 Å². The average Bonchev–Trinajstić information content (AvgIpc) is 2.96. The Balaban J connectivity index is 1.66. The molecule has 0 unspecified atom stereocenters. The zero-order chi connectivity index (χ0) is 18.0. The third-order valence-electron chi connectivity index (χ3n) is 3.52. The van der Waals surface area contributed by atoms with Gasteiger partial charge in [-0.05, 0) is 65.2 Å². The first kappa shape index (κ1) is 17.7. The van der Waals surface area contributed by atoms with Crippen LogP contribution in [0.15, 0.2) is 34.8 Å². The molecule has 1 amide bonds. The van der Waals surface area contributed by atoms with Crippen molar-refractivity contribution in [2.75, 3.05) is 17.3 Å². The van der Waals surface area contributed by atoms with Gasteiger partial charge in [-0.15, -0.1) is 0 Å². The Morgan fingerprint density at radius 2 is 2.12 bits per heavy atom. The predicted octanol–water partition coefficient (Wildman–Crippen LogP) is 3.98. The number of anilines is 2. The number of nitrogens with zero attached hydrogens (tertiary/aromatic N) is 1. The molecule has 0 saturated carbocycles. The molecule has 6 nitrogen and oxygen atoms in total. The number of carbonyl (C=O) groups excluding carboxylic acids is 1. The number of benzene rings is 2. The Morgan fingerprint density at radius 1 is 1.32 bits per heavy atom. The number of ether oxygens (including phenoxy) is 1. The van der Waals surface area contributed by atoms with Crippen molar-refractivity contribution in [3.63, 3.8) is 0 Å². The van der Waals surface area contributed by atoms with Crippen LogP contribution in [0.1, 0.15) is 11.1 Å². The number of hydrogen-bond acceptors (Lipinski definition) is 6. The number of aromatic nitrogens is 1. The number of aryl methyl sites for hydroxylation is 2. The number of nitrogen functional groups attached to an aromatic ring is 1. The number of thiazole rings is 1. The first-order chi connectivity index (χ1) is 12.0. The zero-order valence-corrected chi connectivity index (χ0v) is 16.1. The molecule has 3 aromatic rings. The van der Waals surface area contributed by atoms with Crippen molar-refractivity contribution in [3.05, 3.63) is 45.9 Å². The minimum atomic E-state index is -0.229. The molecule has 0 radical (unpaired) electrons. The van der Waals surface area contributed by atoms with E-state index in [0.29, 0.717) is 16.6 Å². The number of amides is 1. The minimum Gasteiger partial charge on any atom is -0.482 e. The maximum absolute atomic E-state index is 12.2. The summed E-state index contributed by atoms with van der Waals surface area (Å²) in [7, 11) is 0. The fraction of sp³-hybridized carbons (Fsp3) is 0.176. The van der Waals surface area contributed by atoms with Crippen LogP contribution in [0.25, 0.3) is 10.2 Å². The first-order valence-electron chi connectivity index (χ1n) is 7.53. The van der Waals surface area contributed by atoms with Gasteiger partial charge in [-0.3, -0.25) is 10.2 Å². The summed E-state index contributed by atoms with van der Waals surface area (Å²) < 4.78 is 7.44. The van der Waals surface area contributed by atoms with Gasteiger partial charge in [0, 0.05) is 5.69 Å². The van der Waals surface area contributed by atoms with E-state index < -0.39 is 0 Å². The van der Waals surface area contributed by atoms with Crippen molar-refractivity contribution in [3.8, 4) is 5.75 Å². The van der Waals surface area contributed by atoms with E-state index in [-0.39, 0.29) is 12.5 Å². The monoisotopic (exact) mass is 420 g/mol. The lowest BCUT2D eigenvalue weighted by atomic mass is 10.1. The Morgan fingerprint density at radius 3 is 2.84 bits per heavy atom. The van der Waals surface area contributed by atoms with Crippen LogP contribution < -0.4 is 21.3 Å². The molecule has 0 aliphatic carbocycles. The van der Waals surface area contributed by atoms with Crippen molar-refractivity contribution in [2.45, 2.75) is 13.8 Å². The number of halogens is 1. The van der Waals surface area contributed by atoms with Crippen LogP contribution in [-0.2, 0) is 4.79 Å². The van der Waals surface area contributed by atoms with Crippen molar-refractivity contribution in [1.82, 2.24) is 4.98 Å². The summed E-state index contributed by atoms with van der Waals surface area (Å²) in [6, 6.07) is 9.47. The smallest absolute Gasteiger partial charge is 0.262 e. The molecule has 8 heteroatoms. The van der Waals surface area contributed by atoms with Crippen LogP contribution in [0, 0.1) is 13.8 Å². The number of fused-ring (bicyclic) bond motifs is 1. The molecule has 0 fully saturated rings. The lowest BCUT2D eigenvalue weighted by Gasteiger charge is -2.12. The molecule has 1 heterocycles. The molecule has 1 aromatic heterocycles. The predicted molar refractivity (Wildman–Crippen MR) is 105 cm³/mol. The number of hydrogen-bond donors (Lipinski definition) is 3. The second-order valence-electron chi connectivity index (χ2n) is 5.58. The fourth-order valence-corrected chi connectivity index (χ4v) is 4.09. The molecule has 0 atom stereocenters. The van der Waals surface area contributed by atoms with Gasteiger partial charge in [0.1, 0.15) is 5.75 Å². The van der Waals surface area contributed by atoms with Gasteiger partial charge < -0.3 is 10.1 Å². The topological polar surface area (TPSA) is 89.3 Å². The fourth-order valence-electron chi connectivity index (χ4n) is 2.48.